The van der Waals surface area contributed by atoms with Crippen LogP contribution in [0.1, 0.15) is 24.5 Å². The quantitative estimate of drug-likeness (QED) is 0.108. The minimum atomic E-state index is -2.82. The molecule has 230 valence electrons. The monoisotopic (exact) mass is 623 g/mol. The van der Waals surface area contributed by atoms with Crippen LogP contribution in [0.15, 0.2) is 41.4 Å². The lowest BCUT2D eigenvalue weighted by Gasteiger charge is -2.53. The number of imidazole rings is 1. The molecule has 6 rings (SSSR count). The molecule has 15 nitrogen and oxygen atoms in total. The third-order valence-electron chi connectivity index (χ3n) is 8.81. The van der Waals surface area contributed by atoms with E-state index in [4.69, 9.17) is 12.2 Å². The number of aliphatic hydroxyl groups is 4. The number of carbonyl (C=O) groups excluding carboxylic acids is 3. The van der Waals surface area contributed by atoms with Gasteiger partial charge in [-0.25, -0.2) is 9.97 Å². The van der Waals surface area contributed by atoms with Gasteiger partial charge in [0.1, 0.15) is 28.4 Å². The highest BCUT2D eigenvalue weighted by Crippen LogP contribution is 2.57. The van der Waals surface area contributed by atoms with Gasteiger partial charge in [0.05, 0.1) is 30.2 Å². The van der Waals surface area contributed by atoms with Crippen LogP contribution in [-0.2, 0) is 20.0 Å². The number of nitrogens with zero attached hydrogens (tertiary/aromatic N) is 3. The second-order valence-corrected chi connectivity index (χ2v) is 11.9. The van der Waals surface area contributed by atoms with Gasteiger partial charge in [0.15, 0.2) is 21.7 Å². The maximum atomic E-state index is 14.1. The molecule has 5 unspecified atom stereocenters. The predicted molar refractivity (Wildman–Crippen MR) is 157 cm³/mol. The summed E-state index contributed by atoms with van der Waals surface area (Å²) in [5.41, 5.74) is -5.03. The number of phenols is 1. The molecular formula is C28H29N7O8S. The molecule has 3 aliphatic rings. The maximum Gasteiger partial charge on any atom is 0.259 e. The summed E-state index contributed by atoms with van der Waals surface area (Å²) in [6.45, 7) is 1.09. The number of H-pyrrole nitrogens is 2. The van der Waals surface area contributed by atoms with Crippen LogP contribution in [0.4, 0.5) is 5.95 Å². The Morgan fingerprint density at radius 3 is 2.64 bits per heavy atom. The van der Waals surface area contributed by atoms with Crippen molar-refractivity contribution >= 4 is 52.6 Å². The number of aromatic nitrogens is 4. The molecule has 3 aromatic rings. The van der Waals surface area contributed by atoms with E-state index in [1.807, 2.05) is 0 Å². The Morgan fingerprint density at radius 2 is 1.93 bits per heavy atom. The lowest BCUT2D eigenvalue weighted by molar-refractivity contribution is -0.159. The van der Waals surface area contributed by atoms with E-state index in [-0.39, 0.29) is 34.8 Å². The molecule has 9 N–H and O–H groups in total. The SMILES string of the molecule is CN(C)C1C(=O)C(C(=O)NCNc2nc(=S)c3[nH]cnc3[nH]2)=C(O)C2(O)C(=O)C3=C(O)c4c(O)cccc4C(C)(O)C3CC12. The summed E-state index contributed by atoms with van der Waals surface area (Å²) < 4.78 is 0.208. The number of carbonyl (C=O) groups is 3. The van der Waals surface area contributed by atoms with Crippen molar-refractivity contribution in [2.45, 2.75) is 30.6 Å². The normalized spacial score (nSPS) is 28.2. The van der Waals surface area contributed by atoms with Gasteiger partial charge in [-0.2, -0.15) is 0 Å². The highest BCUT2D eigenvalue weighted by Gasteiger charge is 2.66. The fourth-order valence-corrected chi connectivity index (χ4v) is 6.96. The number of ketones is 2. The minimum absolute atomic E-state index is 0.150. The number of aromatic hydroxyl groups is 1. The molecule has 0 bridgehead atoms. The molecule has 0 radical (unpaired) electrons. The average Bonchev–Trinajstić information content (AvgIpc) is 3.43. The number of fused-ring (bicyclic) bond motifs is 4. The van der Waals surface area contributed by atoms with Gasteiger partial charge in [-0.3, -0.25) is 19.3 Å². The van der Waals surface area contributed by atoms with E-state index in [0.717, 1.165) is 0 Å². The van der Waals surface area contributed by atoms with Crippen LogP contribution in [-0.4, -0.2) is 100 Å². The summed E-state index contributed by atoms with van der Waals surface area (Å²) in [5.74, 6) is -7.70. The highest BCUT2D eigenvalue weighted by molar-refractivity contribution is 7.71. The van der Waals surface area contributed by atoms with E-state index in [2.05, 4.69) is 30.6 Å². The van der Waals surface area contributed by atoms with Crippen LogP contribution in [0.3, 0.4) is 0 Å². The van der Waals surface area contributed by atoms with Crippen molar-refractivity contribution in [3.8, 4) is 5.75 Å². The van der Waals surface area contributed by atoms with Crippen LogP contribution in [0, 0.1) is 16.5 Å². The first-order valence-electron chi connectivity index (χ1n) is 13.6. The van der Waals surface area contributed by atoms with E-state index in [1.54, 1.807) is 0 Å². The van der Waals surface area contributed by atoms with Crippen LogP contribution < -0.4 is 10.6 Å². The number of amides is 1. The molecule has 44 heavy (non-hydrogen) atoms. The number of likely N-dealkylation sites (N-methyl/N-ethyl adjacent to an activating group) is 1. The first kappa shape index (κ1) is 29.4. The number of nitrogens with one attached hydrogen (secondary N) is 4. The Balaban J connectivity index is 1.39. The van der Waals surface area contributed by atoms with Crippen LogP contribution in [0.25, 0.3) is 16.9 Å². The second kappa shape index (κ2) is 9.95. The molecule has 2 heterocycles. The molecule has 5 atom stereocenters. The zero-order valence-electron chi connectivity index (χ0n) is 23.7. The van der Waals surface area contributed by atoms with Gasteiger partial charge in [-0.05, 0) is 39.1 Å². The van der Waals surface area contributed by atoms with Crippen molar-refractivity contribution in [3.63, 3.8) is 0 Å². The first-order valence-corrected chi connectivity index (χ1v) is 14.0. The van der Waals surface area contributed by atoms with Gasteiger partial charge in [-0.1, -0.05) is 24.4 Å². The number of phenolic OH excluding ortho intramolecular Hbond substituents is 1. The number of rotatable bonds is 5. The van der Waals surface area contributed by atoms with Crippen molar-refractivity contribution < 1.29 is 39.9 Å². The van der Waals surface area contributed by atoms with Crippen molar-refractivity contribution in [2.24, 2.45) is 11.8 Å². The molecule has 0 saturated heterocycles. The lowest BCUT2D eigenvalue weighted by Crippen LogP contribution is -2.67. The fourth-order valence-electron chi connectivity index (χ4n) is 6.71. The summed E-state index contributed by atoms with van der Waals surface area (Å²) in [7, 11) is 3.03. The van der Waals surface area contributed by atoms with Crippen molar-refractivity contribution in [2.75, 3.05) is 26.1 Å². The summed E-state index contributed by atoms with van der Waals surface area (Å²) >= 11 is 5.21. The highest BCUT2D eigenvalue weighted by atomic mass is 32.1. The molecule has 0 aliphatic heterocycles. The van der Waals surface area contributed by atoms with E-state index in [9.17, 15) is 39.9 Å². The molecule has 3 aliphatic carbocycles. The summed E-state index contributed by atoms with van der Waals surface area (Å²) in [6.07, 6.45) is 1.19. The summed E-state index contributed by atoms with van der Waals surface area (Å²) in [6, 6.07) is 2.95. The number of aromatic amines is 2. The molecule has 1 fully saturated rings. The molecule has 1 saturated carbocycles. The van der Waals surface area contributed by atoms with E-state index >= 15 is 0 Å². The number of aliphatic hydroxyl groups excluding tert-OH is 2. The molecular weight excluding hydrogens is 594 g/mol. The smallest absolute Gasteiger partial charge is 0.259 e. The van der Waals surface area contributed by atoms with Gasteiger partial charge >= 0.3 is 0 Å². The first-order chi connectivity index (χ1) is 20.7. The number of hydrogen-bond donors (Lipinski definition) is 9. The minimum Gasteiger partial charge on any atom is -0.508 e. The average molecular weight is 624 g/mol. The Morgan fingerprint density at radius 1 is 1.20 bits per heavy atom. The van der Waals surface area contributed by atoms with E-state index < -0.39 is 75.0 Å². The number of anilines is 1. The van der Waals surface area contributed by atoms with Gasteiger partial charge in [0, 0.05) is 17.4 Å². The number of hydrogen-bond acceptors (Lipinski definition) is 13. The van der Waals surface area contributed by atoms with Gasteiger partial charge in [0.25, 0.3) is 5.91 Å². The third kappa shape index (κ3) is 3.98. The molecule has 0 spiro atoms. The Bertz CT molecular complexity index is 1890. The van der Waals surface area contributed by atoms with Crippen LogP contribution >= 0.6 is 12.2 Å². The summed E-state index contributed by atoms with van der Waals surface area (Å²) in [4.78, 5) is 56.6. The maximum absolute atomic E-state index is 14.1. The Kier molecular flexibility index (Phi) is 6.66. The van der Waals surface area contributed by atoms with Crippen molar-refractivity contribution in [1.82, 2.24) is 30.2 Å². The Labute approximate surface area is 254 Å². The van der Waals surface area contributed by atoms with E-state index in [0.29, 0.717) is 11.2 Å². The zero-order valence-corrected chi connectivity index (χ0v) is 24.5. The molecule has 1 amide bonds. The van der Waals surface area contributed by atoms with Crippen molar-refractivity contribution in [1.29, 1.82) is 0 Å². The van der Waals surface area contributed by atoms with E-state index in [1.165, 1.54) is 50.4 Å². The standard InChI is InChI=1S/C28H29N7O8S/c1-27(42)10-5-4-6-13(36)14(10)19(37)15-11(27)7-12-18(35(2)3)20(38)16(22(40)28(12,43)21(15)39)24(41)31-9-32-26-33-23-17(25(44)34-26)29-8-30-23/h4-6,8,11-12,18,36-37,40,42-43H,7,9H2,1-3H3,(H,31,41)(H3,29,30,32,33,34,44). The summed E-state index contributed by atoms with van der Waals surface area (Å²) in [5, 5.41) is 61.9. The third-order valence-corrected chi connectivity index (χ3v) is 9.10. The van der Waals surface area contributed by atoms with Gasteiger partial charge in [-0.15, -0.1) is 0 Å². The van der Waals surface area contributed by atoms with Gasteiger partial charge in [0.2, 0.25) is 11.7 Å². The number of Topliss-reactive ketones (excluding diaryl/α,β-unsaturated/α-hetero) is 2. The lowest BCUT2D eigenvalue weighted by atomic mass is 9.54. The molecule has 2 aromatic heterocycles. The predicted octanol–water partition coefficient (Wildman–Crippen LogP) is 0.658. The van der Waals surface area contributed by atoms with Crippen LogP contribution in [0.2, 0.25) is 0 Å². The van der Waals surface area contributed by atoms with Crippen LogP contribution in [0.5, 0.6) is 5.75 Å². The largest absolute Gasteiger partial charge is 0.508 e. The Hall–Kier alpha value is -4.64. The zero-order chi connectivity index (χ0) is 31.9. The second-order valence-electron chi connectivity index (χ2n) is 11.5. The number of benzene rings is 1. The van der Waals surface area contributed by atoms with Crippen molar-refractivity contribution in [3.05, 3.63) is 57.2 Å². The topological polar surface area (TPSA) is 237 Å². The molecule has 16 heteroatoms. The van der Waals surface area contributed by atoms with Gasteiger partial charge < -0.3 is 46.1 Å². The fraction of sp³-hybridized carbons (Fsp3) is 0.357. The molecule has 1 aromatic carbocycles.